The third-order valence-electron chi connectivity index (χ3n) is 6.12. The first-order chi connectivity index (χ1) is 18.1. The molecule has 11 heteroatoms. The molecule has 0 radical (unpaired) electrons. The molecule has 0 unspecified atom stereocenters. The molecule has 0 bridgehead atoms. The molecular weight excluding hydrogens is 488 g/mol. The molecule has 214 valence electrons. The molecule has 0 aliphatic carbocycles. The van der Waals surface area contributed by atoms with Crippen LogP contribution in [0.2, 0.25) is 0 Å². The molecule has 0 aliphatic rings. The average molecular weight is 535 g/mol. The molecular formula is C27H46N6O5. The Morgan fingerprint density at radius 2 is 1.26 bits per heavy atom. The van der Waals surface area contributed by atoms with Crippen LogP contribution in [0.3, 0.4) is 0 Å². The first kappa shape index (κ1) is 33.0. The molecule has 3 amide bonds. The molecule has 0 aliphatic heterocycles. The van der Waals surface area contributed by atoms with E-state index in [4.69, 9.17) is 17.2 Å². The van der Waals surface area contributed by atoms with Crippen LogP contribution in [-0.2, 0) is 25.6 Å². The summed E-state index contributed by atoms with van der Waals surface area (Å²) < 4.78 is 0. The standard InChI is InChI=1S/C27H46N6O5/c1-18(2)16-23(26(36)32-22(27(37)38)13-7-9-15-29)33-25(35)21(12-6-8-14-28)31-24(34)20(30)17-19-10-4-3-5-11-19/h3-5,10-11,18,20-23H,6-9,12-17,28-30H2,1-2H3,(H,31,34)(H,32,36)(H,33,35)(H,37,38)/t20-,21-,22-,23-/m0/s1. The molecule has 0 saturated heterocycles. The van der Waals surface area contributed by atoms with Gasteiger partial charge in [-0.3, -0.25) is 14.4 Å². The quantitative estimate of drug-likeness (QED) is 0.123. The van der Waals surface area contributed by atoms with Crippen LogP contribution in [0, 0.1) is 5.92 Å². The van der Waals surface area contributed by atoms with Gasteiger partial charge in [0.25, 0.3) is 0 Å². The van der Waals surface area contributed by atoms with E-state index in [0.29, 0.717) is 58.0 Å². The molecule has 4 atom stereocenters. The van der Waals surface area contributed by atoms with Gasteiger partial charge in [-0.25, -0.2) is 4.79 Å². The summed E-state index contributed by atoms with van der Waals surface area (Å²) in [6.07, 6.45) is 3.60. The Hall–Kier alpha value is -3.02. The summed E-state index contributed by atoms with van der Waals surface area (Å²) in [5.74, 6) is -2.70. The molecule has 1 aromatic carbocycles. The Bertz CT molecular complexity index is 867. The van der Waals surface area contributed by atoms with Crippen molar-refractivity contribution in [1.82, 2.24) is 16.0 Å². The van der Waals surface area contributed by atoms with E-state index in [9.17, 15) is 24.3 Å². The topological polar surface area (TPSA) is 203 Å². The maximum atomic E-state index is 13.3. The van der Waals surface area contributed by atoms with Crippen LogP contribution >= 0.6 is 0 Å². The molecule has 0 heterocycles. The van der Waals surface area contributed by atoms with E-state index in [1.165, 1.54) is 0 Å². The van der Waals surface area contributed by atoms with E-state index in [1.54, 1.807) is 0 Å². The lowest BCUT2D eigenvalue weighted by Crippen LogP contribution is -2.57. The summed E-state index contributed by atoms with van der Waals surface area (Å²) in [6.45, 7) is 4.66. The number of amides is 3. The number of nitrogens with one attached hydrogen (secondary N) is 3. The minimum absolute atomic E-state index is 0.0381. The van der Waals surface area contributed by atoms with Crippen molar-refractivity contribution in [2.75, 3.05) is 13.1 Å². The first-order valence-corrected chi connectivity index (χ1v) is 13.4. The summed E-state index contributed by atoms with van der Waals surface area (Å²) in [6, 6.07) is 5.49. The van der Waals surface area contributed by atoms with Gasteiger partial charge in [-0.1, -0.05) is 44.2 Å². The second-order valence-corrected chi connectivity index (χ2v) is 10.0. The number of hydrogen-bond acceptors (Lipinski definition) is 7. The van der Waals surface area contributed by atoms with Crippen LogP contribution in [0.25, 0.3) is 0 Å². The molecule has 10 N–H and O–H groups in total. The molecule has 0 aromatic heterocycles. The van der Waals surface area contributed by atoms with Crippen molar-refractivity contribution in [2.45, 2.75) is 89.4 Å². The zero-order valence-corrected chi connectivity index (χ0v) is 22.7. The number of benzene rings is 1. The summed E-state index contributed by atoms with van der Waals surface area (Å²) in [4.78, 5) is 50.8. The fraction of sp³-hybridized carbons (Fsp3) is 0.630. The van der Waals surface area contributed by atoms with Gasteiger partial charge >= 0.3 is 5.97 Å². The van der Waals surface area contributed by atoms with Gasteiger partial charge in [0.2, 0.25) is 17.7 Å². The Morgan fingerprint density at radius 1 is 0.763 bits per heavy atom. The molecule has 1 rings (SSSR count). The van der Waals surface area contributed by atoms with Crippen LogP contribution in [-0.4, -0.2) is 66.1 Å². The summed E-state index contributed by atoms with van der Waals surface area (Å²) in [5.41, 5.74) is 18.1. The van der Waals surface area contributed by atoms with Crippen LogP contribution in [0.4, 0.5) is 0 Å². The Balaban J connectivity index is 2.94. The van der Waals surface area contributed by atoms with Crippen molar-refractivity contribution in [3.05, 3.63) is 35.9 Å². The minimum Gasteiger partial charge on any atom is -0.480 e. The van der Waals surface area contributed by atoms with E-state index in [1.807, 2.05) is 44.2 Å². The second kappa shape index (κ2) is 18.3. The van der Waals surface area contributed by atoms with Crippen molar-refractivity contribution in [3.63, 3.8) is 0 Å². The third-order valence-corrected chi connectivity index (χ3v) is 6.12. The Labute approximate surface area is 225 Å². The van der Waals surface area contributed by atoms with Crippen LogP contribution in [0.1, 0.15) is 64.4 Å². The predicted molar refractivity (Wildman–Crippen MR) is 147 cm³/mol. The fourth-order valence-corrected chi connectivity index (χ4v) is 4.00. The highest BCUT2D eigenvalue weighted by Gasteiger charge is 2.30. The van der Waals surface area contributed by atoms with Gasteiger partial charge in [-0.05, 0) is 75.9 Å². The van der Waals surface area contributed by atoms with Crippen molar-refractivity contribution in [3.8, 4) is 0 Å². The van der Waals surface area contributed by atoms with Crippen LogP contribution < -0.4 is 33.2 Å². The zero-order chi connectivity index (χ0) is 28.5. The van der Waals surface area contributed by atoms with E-state index >= 15 is 0 Å². The van der Waals surface area contributed by atoms with Gasteiger partial charge in [-0.15, -0.1) is 0 Å². The summed E-state index contributed by atoms with van der Waals surface area (Å²) in [7, 11) is 0. The number of hydrogen-bond donors (Lipinski definition) is 7. The SMILES string of the molecule is CC(C)C[C@H](NC(=O)[C@H](CCCCN)NC(=O)[C@@H](N)Cc1ccccc1)C(=O)N[C@@H](CCCCN)C(=O)O. The zero-order valence-electron chi connectivity index (χ0n) is 22.7. The Kier molecular flexibility index (Phi) is 15.9. The monoisotopic (exact) mass is 534 g/mol. The smallest absolute Gasteiger partial charge is 0.326 e. The lowest BCUT2D eigenvalue weighted by molar-refractivity contribution is -0.142. The number of unbranched alkanes of at least 4 members (excludes halogenated alkanes) is 2. The molecule has 0 saturated carbocycles. The fourth-order valence-electron chi connectivity index (χ4n) is 4.00. The van der Waals surface area contributed by atoms with Crippen molar-refractivity contribution < 1.29 is 24.3 Å². The lowest BCUT2D eigenvalue weighted by Gasteiger charge is -2.26. The van der Waals surface area contributed by atoms with Gasteiger partial charge in [0.1, 0.15) is 18.1 Å². The van der Waals surface area contributed by atoms with Crippen molar-refractivity contribution >= 4 is 23.7 Å². The van der Waals surface area contributed by atoms with E-state index < -0.39 is 47.9 Å². The van der Waals surface area contributed by atoms with E-state index in [2.05, 4.69) is 16.0 Å². The van der Waals surface area contributed by atoms with Gasteiger partial charge in [0, 0.05) is 0 Å². The molecule has 38 heavy (non-hydrogen) atoms. The van der Waals surface area contributed by atoms with E-state index in [0.717, 1.165) is 5.56 Å². The number of carboxylic acid groups (broad SMARTS) is 1. The molecule has 0 spiro atoms. The van der Waals surface area contributed by atoms with Crippen molar-refractivity contribution in [2.24, 2.45) is 23.1 Å². The van der Waals surface area contributed by atoms with Crippen LogP contribution in [0.5, 0.6) is 0 Å². The first-order valence-electron chi connectivity index (χ1n) is 13.4. The van der Waals surface area contributed by atoms with Gasteiger partial charge in [0.05, 0.1) is 6.04 Å². The molecule has 0 fully saturated rings. The Morgan fingerprint density at radius 3 is 1.79 bits per heavy atom. The van der Waals surface area contributed by atoms with Gasteiger partial charge in [0.15, 0.2) is 0 Å². The summed E-state index contributed by atoms with van der Waals surface area (Å²) >= 11 is 0. The third kappa shape index (κ3) is 13.0. The highest BCUT2D eigenvalue weighted by molar-refractivity contribution is 5.94. The number of carboxylic acids is 1. The average Bonchev–Trinajstić information content (AvgIpc) is 2.87. The number of nitrogens with two attached hydrogens (primary N) is 3. The lowest BCUT2D eigenvalue weighted by atomic mass is 10.0. The number of carbonyl (C=O) groups excluding carboxylic acids is 3. The predicted octanol–water partition coefficient (Wildman–Crippen LogP) is 0.400. The maximum Gasteiger partial charge on any atom is 0.326 e. The largest absolute Gasteiger partial charge is 0.480 e. The molecule has 11 nitrogen and oxygen atoms in total. The number of carbonyl (C=O) groups is 4. The van der Waals surface area contributed by atoms with Gasteiger partial charge < -0.3 is 38.3 Å². The number of aliphatic carboxylic acids is 1. The second-order valence-electron chi connectivity index (χ2n) is 10.0. The van der Waals surface area contributed by atoms with Crippen LogP contribution in [0.15, 0.2) is 30.3 Å². The highest BCUT2D eigenvalue weighted by Crippen LogP contribution is 2.10. The van der Waals surface area contributed by atoms with Crippen molar-refractivity contribution in [1.29, 1.82) is 0 Å². The molecule has 1 aromatic rings. The summed E-state index contributed by atoms with van der Waals surface area (Å²) in [5, 5.41) is 17.5. The number of rotatable bonds is 19. The maximum absolute atomic E-state index is 13.3. The minimum atomic E-state index is -1.15. The van der Waals surface area contributed by atoms with E-state index in [-0.39, 0.29) is 12.3 Å². The highest BCUT2D eigenvalue weighted by atomic mass is 16.4. The van der Waals surface area contributed by atoms with Gasteiger partial charge in [-0.2, -0.15) is 0 Å². The normalized spacial score (nSPS) is 14.3.